The predicted octanol–water partition coefficient (Wildman–Crippen LogP) is 2.38. The molecule has 0 heterocycles. The lowest BCUT2D eigenvalue weighted by molar-refractivity contribution is -0.115. The van der Waals surface area contributed by atoms with E-state index in [-0.39, 0.29) is 12.3 Å². The first-order valence-corrected chi connectivity index (χ1v) is 5.73. The number of hydrogen-bond donors (Lipinski definition) is 1. The summed E-state index contributed by atoms with van der Waals surface area (Å²) in [6, 6.07) is 9.45. The van der Waals surface area contributed by atoms with E-state index in [4.69, 9.17) is 5.26 Å². The second kappa shape index (κ2) is 6.54. The molecule has 0 aliphatic heterocycles. The summed E-state index contributed by atoms with van der Waals surface area (Å²) in [6.45, 7) is 6.12. The topological polar surface area (TPSA) is 56.1 Å². The number of nitriles is 1. The van der Waals surface area contributed by atoms with Crippen molar-refractivity contribution < 1.29 is 4.79 Å². The molecule has 1 aromatic rings. The van der Waals surface area contributed by atoms with Crippen LogP contribution in [0, 0.1) is 11.3 Å². The van der Waals surface area contributed by atoms with Gasteiger partial charge in [-0.25, -0.2) is 0 Å². The average molecular weight is 231 g/mol. The molecule has 0 radical (unpaired) electrons. The van der Waals surface area contributed by atoms with Crippen LogP contribution in [0.2, 0.25) is 0 Å². The fraction of sp³-hybridized carbons (Fsp3) is 0.385. The molecule has 0 aliphatic carbocycles. The minimum Gasteiger partial charge on any atom is -0.372 e. The van der Waals surface area contributed by atoms with Gasteiger partial charge in [0.2, 0.25) is 5.91 Å². The Morgan fingerprint density at radius 1 is 1.29 bits per heavy atom. The van der Waals surface area contributed by atoms with E-state index in [0.29, 0.717) is 0 Å². The van der Waals surface area contributed by atoms with Gasteiger partial charge in [-0.1, -0.05) is 0 Å². The van der Waals surface area contributed by atoms with Gasteiger partial charge in [0.15, 0.2) is 0 Å². The number of nitrogens with zero attached hydrogens (tertiary/aromatic N) is 2. The van der Waals surface area contributed by atoms with E-state index in [2.05, 4.69) is 24.1 Å². The third-order valence-corrected chi connectivity index (χ3v) is 2.52. The van der Waals surface area contributed by atoms with Crippen LogP contribution in [0.4, 0.5) is 11.4 Å². The van der Waals surface area contributed by atoms with Gasteiger partial charge in [0.1, 0.15) is 6.42 Å². The summed E-state index contributed by atoms with van der Waals surface area (Å²) in [5.41, 5.74) is 1.86. The van der Waals surface area contributed by atoms with E-state index in [0.717, 1.165) is 24.5 Å². The third-order valence-electron chi connectivity index (χ3n) is 2.52. The normalized spacial score (nSPS) is 9.47. The summed E-state index contributed by atoms with van der Waals surface area (Å²) < 4.78 is 0. The second-order valence-corrected chi connectivity index (χ2v) is 3.60. The molecule has 0 fully saturated rings. The molecule has 0 saturated carbocycles. The van der Waals surface area contributed by atoms with Crippen molar-refractivity contribution in [1.29, 1.82) is 5.26 Å². The molecule has 0 saturated heterocycles. The van der Waals surface area contributed by atoms with Crippen molar-refractivity contribution in [1.82, 2.24) is 0 Å². The van der Waals surface area contributed by atoms with Gasteiger partial charge in [0.25, 0.3) is 0 Å². The van der Waals surface area contributed by atoms with Gasteiger partial charge in [-0.3, -0.25) is 4.79 Å². The van der Waals surface area contributed by atoms with E-state index < -0.39 is 0 Å². The Bertz CT molecular complexity index is 402. The number of anilines is 2. The number of nitrogens with one attached hydrogen (secondary N) is 1. The van der Waals surface area contributed by atoms with Crippen LogP contribution >= 0.6 is 0 Å². The Labute approximate surface area is 102 Å². The highest BCUT2D eigenvalue weighted by atomic mass is 16.1. The van der Waals surface area contributed by atoms with Gasteiger partial charge in [0.05, 0.1) is 6.07 Å². The molecular weight excluding hydrogens is 214 g/mol. The van der Waals surface area contributed by atoms with Gasteiger partial charge in [-0.15, -0.1) is 0 Å². The molecule has 17 heavy (non-hydrogen) atoms. The van der Waals surface area contributed by atoms with E-state index >= 15 is 0 Å². The van der Waals surface area contributed by atoms with Gasteiger partial charge in [-0.2, -0.15) is 5.26 Å². The molecule has 4 nitrogen and oxygen atoms in total. The zero-order valence-corrected chi connectivity index (χ0v) is 10.2. The smallest absolute Gasteiger partial charge is 0.238 e. The number of benzene rings is 1. The van der Waals surface area contributed by atoms with Crippen molar-refractivity contribution in [3.63, 3.8) is 0 Å². The highest BCUT2D eigenvalue weighted by molar-refractivity contribution is 5.92. The molecule has 0 bridgehead atoms. The fourth-order valence-electron chi connectivity index (χ4n) is 1.62. The molecule has 0 spiro atoms. The minimum absolute atomic E-state index is 0.113. The van der Waals surface area contributed by atoms with Crippen molar-refractivity contribution in [2.45, 2.75) is 20.3 Å². The quantitative estimate of drug-likeness (QED) is 0.846. The predicted molar refractivity (Wildman–Crippen MR) is 68.9 cm³/mol. The zero-order valence-electron chi connectivity index (χ0n) is 10.2. The zero-order chi connectivity index (χ0) is 12.7. The number of carbonyl (C=O) groups is 1. The first kappa shape index (κ1) is 13.0. The van der Waals surface area contributed by atoms with Crippen molar-refractivity contribution in [2.24, 2.45) is 0 Å². The van der Waals surface area contributed by atoms with E-state index in [9.17, 15) is 4.79 Å². The fourth-order valence-corrected chi connectivity index (χ4v) is 1.62. The summed E-state index contributed by atoms with van der Waals surface area (Å²) in [4.78, 5) is 13.4. The number of amides is 1. The highest BCUT2D eigenvalue weighted by Gasteiger charge is 2.03. The van der Waals surface area contributed by atoms with Crippen molar-refractivity contribution in [2.75, 3.05) is 23.3 Å². The average Bonchev–Trinajstić information content (AvgIpc) is 2.33. The molecule has 0 aromatic heterocycles. The summed E-state index contributed by atoms with van der Waals surface area (Å²) in [7, 11) is 0. The lowest BCUT2D eigenvalue weighted by Gasteiger charge is -2.21. The summed E-state index contributed by atoms with van der Waals surface area (Å²) in [6.07, 6.45) is -0.113. The van der Waals surface area contributed by atoms with Crippen LogP contribution in [0.15, 0.2) is 24.3 Å². The Morgan fingerprint density at radius 3 is 2.35 bits per heavy atom. The van der Waals surface area contributed by atoms with Crippen LogP contribution < -0.4 is 10.2 Å². The van der Waals surface area contributed by atoms with E-state index in [1.54, 1.807) is 0 Å². The molecule has 0 unspecified atom stereocenters. The molecular formula is C13H17N3O. The van der Waals surface area contributed by atoms with Crippen LogP contribution in [-0.2, 0) is 4.79 Å². The van der Waals surface area contributed by atoms with Gasteiger partial charge in [0, 0.05) is 24.5 Å². The first-order valence-electron chi connectivity index (χ1n) is 5.73. The Morgan fingerprint density at radius 2 is 1.88 bits per heavy atom. The largest absolute Gasteiger partial charge is 0.372 e. The highest BCUT2D eigenvalue weighted by Crippen LogP contribution is 2.17. The Kier molecular flexibility index (Phi) is 5.02. The number of rotatable bonds is 5. The van der Waals surface area contributed by atoms with Crippen LogP contribution in [-0.4, -0.2) is 19.0 Å². The minimum atomic E-state index is -0.275. The maximum atomic E-state index is 11.2. The van der Waals surface area contributed by atoms with E-state index in [1.807, 2.05) is 30.3 Å². The van der Waals surface area contributed by atoms with E-state index in [1.165, 1.54) is 0 Å². The number of carbonyl (C=O) groups excluding carboxylic acids is 1. The lowest BCUT2D eigenvalue weighted by Crippen LogP contribution is -2.21. The first-order chi connectivity index (χ1) is 8.21. The van der Waals surface area contributed by atoms with Gasteiger partial charge in [-0.05, 0) is 38.1 Å². The molecule has 0 atom stereocenters. The van der Waals surface area contributed by atoms with Crippen LogP contribution in [0.1, 0.15) is 20.3 Å². The molecule has 90 valence electrons. The van der Waals surface area contributed by atoms with Gasteiger partial charge >= 0.3 is 0 Å². The Balaban J connectivity index is 2.68. The molecule has 1 rings (SSSR count). The van der Waals surface area contributed by atoms with Crippen LogP contribution in [0.3, 0.4) is 0 Å². The lowest BCUT2D eigenvalue weighted by atomic mass is 10.2. The molecule has 4 heteroatoms. The molecule has 1 N–H and O–H groups in total. The molecule has 1 amide bonds. The van der Waals surface area contributed by atoms with Crippen LogP contribution in [0.25, 0.3) is 0 Å². The van der Waals surface area contributed by atoms with Crippen molar-refractivity contribution in [3.05, 3.63) is 24.3 Å². The summed E-state index contributed by atoms with van der Waals surface area (Å²) in [5, 5.41) is 11.0. The molecule has 1 aromatic carbocycles. The van der Waals surface area contributed by atoms with Crippen molar-refractivity contribution >= 4 is 17.3 Å². The Hall–Kier alpha value is -2.02. The maximum Gasteiger partial charge on any atom is 0.238 e. The monoisotopic (exact) mass is 231 g/mol. The maximum absolute atomic E-state index is 11.2. The SMILES string of the molecule is CCN(CC)c1ccc(NC(=O)CC#N)cc1. The standard InChI is InChI=1S/C13H17N3O/c1-3-16(4-2)12-7-5-11(6-8-12)15-13(17)9-10-14/h5-8H,3-4,9H2,1-2H3,(H,15,17). The summed E-state index contributed by atoms with van der Waals surface area (Å²) in [5.74, 6) is -0.275. The van der Waals surface area contributed by atoms with Crippen molar-refractivity contribution in [3.8, 4) is 6.07 Å². The van der Waals surface area contributed by atoms with Gasteiger partial charge < -0.3 is 10.2 Å². The summed E-state index contributed by atoms with van der Waals surface area (Å²) >= 11 is 0. The van der Waals surface area contributed by atoms with Crippen LogP contribution in [0.5, 0.6) is 0 Å². The second-order valence-electron chi connectivity index (χ2n) is 3.60. The third kappa shape index (κ3) is 3.80. The molecule has 0 aliphatic rings. The number of hydrogen-bond acceptors (Lipinski definition) is 3.